The van der Waals surface area contributed by atoms with Gasteiger partial charge in [-0.1, -0.05) is 35.3 Å². The quantitative estimate of drug-likeness (QED) is 0.159. The first-order valence-corrected chi connectivity index (χ1v) is 11.8. The Labute approximate surface area is 225 Å². The van der Waals surface area contributed by atoms with E-state index in [2.05, 4.69) is 20.9 Å². The van der Waals surface area contributed by atoms with Crippen LogP contribution in [-0.4, -0.2) is 40.3 Å². The average molecular weight is 571 g/mol. The van der Waals surface area contributed by atoms with Crippen molar-refractivity contribution in [3.05, 3.63) is 70.0 Å². The first-order chi connectivity index (χ1) is 17.8. The van der Waals surface area contributed by atoms with Gasteiger partial charge in [-0.05, 0) is 49.6 Å². The van der Waals surface area contributed by atoms with E-state index in [1.807, 2.05) is 5.48 Å². The Morgan fingerprint density at radius 2 is 1.84 bits per heavy atom. The minimum Gasteiger partial charge on any atom is -0.350 e. The summed E-state index contributed by atoms with van der Waals surface area (Å²) in [5.41, 5.74) is 6.45. The number of carbonyl (C=O) groups excluding carboxylic acids is 2. The van der Waals surface area contributed by atoms with Gasteiger partial charge in [-0.25, -0.2) is 4.98 Å². The highest BCUT2D eigenvalue weighted by molar-refractivity contribution is 6.41. The van der Waals surface area contributed by atoms with Crippen molar-refractivity contribution in [1.82, 2.24) is 10.3 Å². The summed E-state index contributed by atoms with van der Waals surface area (Å²) < 4.78 is 39.8. The summed E-state index contributed by atoms with van der Waals surface area (Å²) in [6.45, 7) is 3.43. The van der Waals surface area contributed by atoms with Gasteiger partial charge in [-0.15, -0.1) is 0 Å². The van der Waals surface area contributed by atoms with Gasteiger partial charge in [0.2, 0.25) is 0 Å². The zero-order valence-corrected chi connectivity index (χ0v) is 21.5. The van der Waals surface area contributed by atoms with Crippen molar-refractivity contribution in [2.75, 3.05) is 16.1 Å². The molecule has 0 radical (unpaired) electrons. The summed E-state index contributed by atoms with van der Waals surface area (Å²) in [6, 6.07) is 6.21. The summed E-state index contributed by atoms with van der Waals surface area (Å²) in [5.74, 6) is -1.85. The van der Waals surface area contributed by atoms with E-state index >= 15 is 0 Å². The van der Waals surface area contributed by atoms with Crippen LogP contribution in [-0.2, 0) is 4.79 Å². The minimum absolute atomic E-state index is 0.0196. The molecule has 2 aromatic carbocycles. The van der Waals surface area contributed by atoms with Crippen LogP contribution in [0.1, 0.15) is 24.2 Å². The predicted octanol–water partition coefficient (Wildman–Crippen LogP) is 5.31. The van der Waals surface area contributed by atoms with Crippen molar-refractivity contribution in [3.63, 3.8) is 0 Å². The van der Waals surface area contributed by atoms with E-state index < -0.39 is 29.7 Å². The summed E-state index contributed by atoms with van der Waals surface area (Å²) in [5, 5.41) is 17.6. The van der Waals surface area contributed by atoms with Crippen LogP contribution in [0.5, 0.6) is 0 Å². The number of hydrogen-bond acceptors (Lipinski definition) is 7. The fourth-order valence-corrected chi connectivity index (χ4v) is 3.90. The molecule has 0 bridgehead atoms. The van der Waals surface area contributed by atoms with Crippen LogP contribution in [0.2, 0.25) is 10.0 Å². The first-order valence-electron chi connectivity index (χ1n) is 11.0. The standard InChI is InChI=1S/C24H23Cl2F3N6O3/c1-11(2)32-22(36)13-9-12-5-3-7-15(35-38)18(12)19(26)20(13)34-23(37)16(10-17(30)24(27,28)29)33-21-14(25)6-4-8-31-21/h3-11,17,35,38H,30H2,1-2H3,(H,31,33)(H,32,36)(H,34,37)/b16-10-. The topological polar surface area (TPSA) is 141 Å². The number of benzene rings is 2. The number of fused-ring (bicyclic) bond motifs is 1. The van der Waals surface area contributed by atoms with Gasteiger partial charge in [0, 0.05) is 17.6 Å². The van der Waals surface area contributed by atoms with Crippen molar-refractivity contribution in [3.8, 4) is 0 Å². The second-order valence-electron chi connectivity index (χ2n) is 8.32. The second-order valence-corrected chi connectivity index (χ2v) is 9.10. The van der Waals surface area contributed by atoms with Crippen LogP contribution in [0, 0.1) is 0 Å². The minimum atomic E-state index is -4.87. The van der Waals surface area contributed by atoms with Gasteiger partial charge in [-0.3, -0.25) is 20.3 Å². The van der Waals surface area contributed by atoms with Gasteiger partial charge < -0.3 is 21.7 Å². The Bertz CT molecular complexity index is 1400. The molecule has 1 unspecified atom stereocenters. The molecule has 0 saturated carbocycles. The number of carbonyl (C=O) groups is 2. The molecule has 14 heteroatoms. The number of rotatable bonds is 8. The van der Waals surface area contributed by atoms with Crippen molar-refractivity contribution < 1.29 is 28.0 Å². The highest BCUT2D eigenvalue weighted by Gasteiger charge is 2.36. The van der Waals surface area contributed by atoms with E-state index in [1.54, 1.807) is 26.0 Å². The van der Waals surface area contributed by atoms with Crippen LogP contribution < -0.4 is 27.2 Å². The Morgan fingerprint density at radius 1 is 1.13 bits per heavy atom. The van der Waals surface area contributed by atoms with Gasteiger partial charge in [0.1, 0.15) is 17.6 Å². The molecule has 2 amide bonds. The molecule has 1 heterocycles. The molecular formula is C24H23Cl2F3N6O3. The number of pyridine rings is 1. The lowest BCUT2D eigenvalue weighted by atomic mass is 10.0. The van der Waals surface area contributed by atoms with Gasteiger partial charge >= 0.3 is 6.18 Å². The molecule has 3 rings (SSSR count). The van der Waals surface area contributed by atoms with E-state index in [0.717, 1.165) is 0 Å². The molecule has 0 aliphatic carbocycles. The predicted molar refractivity (Wildman–Crippen MR) is 141 cm³/mol. The molecule has 7 N–H and O–H groups in total. The van der Waals surface area contributed by atoms with Gasteiger partial charge in [0.05, 0.1) is 27.0 Å². The summed E-state index contributed by atoms with van der Waals surface area (Å²) in [7, 11) is 0. The summed E-state index contributed by atoms with van der Waals surface area (Å²) in [6.07, 6.45) is -3.11. The molecule has 0 spiro atoms. The fourth-order valence-electron chi connectivity index (χ4n) is 3.37. The van der Waals surface area contributed by atoms with Crippen LogP contribution in [0.25, 0.3) is 10.8 Å². The van der Waals surface area contributed by atoms with Crippen molar-refractivity contribution in [1.29, 1.82) is 0 Å². The fraction of sp³-hybridized carbons (Fsp3) is 0.208. The zero-order valence-electron chi connectivity index (χ0n) is 20.0. The van der Waals surface area contributed by atoms with E-state index in [4.69, 9.17) is 28.9 Å². The maximum absolute atomic E-state index is 13.3. The number of anilines is 3. The van der Waals surface area contributed by atoms with Crippen molar-refractivity contribution in [2.45, 2.75) is 32.1 Å². The maximum Gasteiger partial charge on any atom is 0.407 e. The zero-order chi connectivity index (χ0) is 28.2. The Morgan fingerprint density at radius 3 is 2.45 bits per heavy atom. The third-order valence-corrected chi connectivity index (χ3v) is 5.79. The summed E-state index contributed by atoms with van der Waals surface area (Å²) in [4.78, 5) is 30.3. The number of hydrogen-bond donors (Lipinski definition) is 6. The van der Waals surface area contributed by atoms with Gasteiger partial charge in [0.15, 0.2) is 0 Å². The number of nitrogens with one attached hydrogen (secondary N) is 4. The first kappa shape index (κ1) is 29.0. The molecule has 3 aromatic rings. The van der Waals surface area contributed by atoms with Crippen LogP contribution in [0.15, 0.2) is 54.4 Å². The average Bonchev–Trinajstić information content (AvgIpc) is 2.84. The van der Waals surface area contributed by atoms with Crippen molar-refractivity contribution >= 4 is 63.0 Å². The Balaban J connectivity index is 2.16. The maximum atomic E-state index is 13.3. The monoisotopic (exact) mass is 570 g/mol. The van der Waals surface area contributed by atoms with Gasteiger partial charge in [0.25, 0.3) is 11.8 Å². The Kier molecular flexibility index (Phi) is 9.05. The molecule has 38 heavy (non-hydrogen) atoms. The number of nitrogens with zero attached hydrogens (tertiary/aromatic N) is 1. The number of alkyl halides is 3. The van der Waals surface area contributed by atoms with Crippen LogP contribution in [0.3, 0.4) is 0 Å². The highest BCUT2D eigenvalue weighted by atomic mass is 35.5. The van der Waals surface area contributed by atoms with Crippen molar-refractivity contribution in [2.24, 2.45) is 5.73 Å². The number of amides is 2. The molecule has 0 fully saturated rings. The number of halogens is 5. The summed E-state index contributed by atoms with van der Waals surface area (Å²) >= 11 is 12.7. The lowest BCUT2D eigenvalue weighted by Crippen LogP contribution is -2.37. The third kappa shape index (κ3) is 6.64. The largest absolute Gasteiger partial charge is 0.407 e. The number of nitrogens with two attached hydrogens (primary N) is 1. The van der Waals surface area contributed by atoms with E-state index in [1.165, 1.54) is 30.5 Å². The van der Waals surface area contributed by atoms with E-state index in [0.29, 0.717) is 11.5 Å². The smallest absolute Gasteiger partial charge is 0.350 e. The van der Waals surface area contributed by atoms with Crippen LogP contribution >= 0.6 is 23.2 Å². The molecular weight excluding hydrogens is 548 g/mol. The SMILES string of the molecule is CC(C)NC(=O)c1cc2cccc(NO)c2c(Cl)c1NC(=O)/C(=C/C(N)C(F)(F)F)Nc1ncccc1Cl. The third-order valence-electron chi connectivity index (χ3n) is 5.11. The van der Waals surface area contributed by atoms with E-state index in [9.17, 15) is 28.0 Å². The van der Waals surface area contributed by atoms with Gasteiger partial charge in [-0.2, -0.15) is 13.2 Å². The molecule has 0 aliphatic rings. The molecule has 0 aliphatic heterocycles. The highest BCUT2D eigenvalue weighted by Crippen LogP contribution is 2.39. The molecule has 1 atom stereocenters. The normalized spacial score (nSPS) is 12.8. The lowest BCUT2D eigenvalue weighted by Gasteiger charge is -2.20. The number of aromatic nitrogens is 1. The van der Waals surface area contributed by atoms with E-state index in [-0.39, 0.29) is 44.2 Å². The van der Waals surface area contributed by atoms with Crippen LogP contribution in [0.4, 0.5) is 30.4 Å². The Hall–Kier alpha value is -3.58. The molecule has 9 nitrogen and oxygen atoms in total. The molecule has 0 saturated heterocycles. The molecule has 202 valence electrons. The second kappa shape index (κ2) is 11.9. The molecule has 1 aromatic heterocycles. The lowest BCUT2D eigenvalue weighted by molar-refractivity contribution is -0.137.